The first-order valence-electron chi connectivity index (χ1n) is 3.76. The number of ketones is 1. The Hall–Kier alpha value is -0.410. The Morgan fingerprint density at radius 3 is 2.80 bits per heavy atom. The molecule has 1 N–H and O–H groups in total. The van der Waals surface area contributed by atoms with Gasteiger partial charge in [-0.15, -0.1) is 0 Å². The summed E-state index contributed by atoms with van der Waals surface area (Å²) >= 11 is 0. The molecule has 1 aliphatic rings. The Morgan fingerprint density at radius 1 is 1.40 bits per heavy atom. The quantitative estimate of drug-likeness (QED) is 0.550. The third-order valence-corrected chi connectivity index (χ3v) is 1.09. The first-order valence-corrected chi connectivity index (χ1v) is 3.76. The summed E-state index contributed by atoms with van der Waals surface area (Å²) in [5.41, 5.74) is 2.66. The maximum absolute atomic E-state index is 10.6. The molecule has 0 bridgehead atoms. The number of Topliss-reactive ketones (excluding diaryl/α,β-unsaturated/α-hetero) is 1. The predicted octanol–water partition coefficient (Wildman–Crippen LogP) is 0.897. The van der Waals surface area contributed by atoms with Crippen molar-refractivity contribution in [3.8, 4) is 0 Å². The monoisotopic (exact) mass is 145 g/mol. The van der Waals surface area contributed by atoms with Gasteiger partial charge in [0.1, 0.15) is 5.78 Å². The molecule has 0 aromatic carbocycles. The van der Waals surface area contributed by atoms with Crippen LogP contribution in [0.15, 0.2) is 0 Å². The highest BCUT2D eigenvalue weighted by Crippen LogP contribution is 1.92. The van der Waals surface area contributed by atoms with Crippen molar-refractivity contribution in [1.29, 1.82) is 0 Å². The minimum Gasteiger partial charge on any atom is -0.301 e. The molecule has 3 heteroatoms. The molecule has 60 valence electrons. The van der Waals surface area contributed by atoms with Crippen LogP contribution < -0.4 is 5.48 Å². The summed E-state index contributed by atoms with van der Waals surface area (Å²) in [6.07, 6.45) is 1.17. The van der Waals surface area contributed by atoms with E-state index in [1.807, 2.05) is 13.8 Å². The fraction of sp³-hybridized carbons (Fsp3) is 0.857. The number of carbonyl (C=O) groups excluding carboxylic acids is 1. The van der Waals surface area contributed by atoms with Crippen LogP contribution in [0.25, 0.3) is 0 Å². The molecule has 10 heavy (non-hydrogen) atoms. The molecule has 1 fully saturated rings. The molecular weight excluding hydrogens is 130 g/mol. The molecule has 0 atom stereocenters. The standard InChI is InChI=1S/C5H9NO2.C2H6/c7-5-1-3-6-8-4-2-5;1-2/h6H,1-4H2;1-2H3. The van der Waals surface area contributed by atoms with E-state index in [0.717, 1.165) is 0 Å². The number of hydrogen-bond acceptors (Lipinski definition) is 3. The van der Waals surface area contributed by atoms with E-state index in [2.05, 4.69) is 5.48 Å². The van der Waals surface area contributed by atoms with E-state index in [0.29, 0.717) is 26.0 Å². The van der Waals surface area contributed by atoms with Crippen molar-refractivity contribution >= 4 is 5.78 Å². The third-order valence-electron chi connectivity index (χ3n) is 1.09. The molecule has 0 aliphatic carbocycles. The zero-order chi connectivity index (χ0) is 7.82. The van der Waals surface area contributed by atoms with Crippen LogP contribution in [0.3, 0.4) is 0 Å². The summed E-state index contributed by atoms with van der Waals surface area (Å²) in [7, 11) is 0. The smallest absolute Gasteiger partial charge is 0.136 e. The summed E-state index contributed by atoms with van der Waals surface area (Å²) in [4.78, 5) is 15.4. The zero-order valence-electron chi connectivity index (χ0n) is 6.64. The van der Waals surface area contributed by atoms with Crippen LogP contribution in [0.4, 0.5) is 0 Å². The lowest BCUT2D eigenvalue weighted by Crippen LogP contribution is -2.12. The lowest BCUT2D eigenvalue weighted by molar-refractivity contribution is -0.118. The van der Waals surface area contributed by atoms with Gasteiger partial charge in [0.15, 0.2) is 0 Å². The van der Waals surface area contributed by atoms with Gasteiger partial charge in [0, 0.05) is 19.4 Å². The highest BCUT2D eigenvalue weighted by molar-refractivity contribution is 5.78. The van der Waals surface area contributed by atoms with Crippen molar-refractivity contribution in [3.63, 3.8) is 0 Å². The topological polar surface area (TPSA) is 38.3 Å². The molecule has 1 rings (SSSR count). The van der Waals surface area contributed by atoms with E-state index < -0.39 is 0 Å². The maximum Gasteiger partial charge on any atom is 0.136 e. The summed E-state index contributed by atoms with van der Waals surface area (Å²) in [5, 5.41) is 0. The molecule has 0 aromatic heterocycles. The van der Waals surface area contributed by atoms with Crippen LogP contribution in [-0.2, 0) is 9.63 Å². The van der Waals surface area contributed by atoms with E-state index in [1.54, 1.807) is 0 Å². The van der Waals surface area contributed by atoms with Crippen molar-refractivity contribution in [2.24, 2.45) is 0 Å². The first kappa shape index (κ1) is 9.59. The van der Waals surface area contributed by atoms with Crippen molar-refractivity contribution in [2.75, 3.05) is 13.2 Å². The lowest BCUT2D eigenvalue weighted by Gasteiger charge is -1.93. The van der Waals surface area contributed by atoms with Gasteiger partial charge >= 0.3 is 0 Å². The van der Waals surface area contributed by atoms with Crippen LogP contribution in [0.1, 0.15) is 26.7 Å². The minimum atomic E-state index is 0.287. The largest absolute Gasteiger partial charge is 0.301 e. The van der Waals surface area contributed by atoms with Crippen LogP contribution in [0.2, 0.25) is 0 Å². The molecule has 0 aromatic rings. The minimum absolute atomic E-state index is 0.287. The molecule has 0 radical (unpaired) electrons. The van der Waals surface area contributed by atoms with E-state index in [9.17, 15) is 4.79 Å². The Bertz CT molecular complexity index is 83.6. The Balaban J connectivity index is 0.000000371. The lowest BCUT2D eigenvalue weighted by atomic mass is 10.2. The molecule has 0 amide bonds. The van der Waals surface area contributed by atoms with Crippen molar-refractivity contribution in [1.82, 2.24) is 5.48 Å². The Labute approximate surface area is 61.7 Å². The van der Waals surface area contributed by atoms with Gasteiger partial charge in [0.2, 0.25) is 0 Å². The SMILES string of the molecule is CC.O=C1CCNOCC1. The van der Waals surface area contributed by atoms with Gasteiger partial charge in [-0.2, -0.15) is 0 Å². The van der Waals surface area contributed by atoms with Crippen LogP contribution in [-0.4, -0.2) is 18.9 Å². The van der Waals surface area contributed by atoms with Crippen LogP contribution >= 0.6 is 0 Å². The molecule has 1 heterocycles. The molecule has 0 unspecified atom stereocenters. The molecule has 1 saturated heterocycles. The second kappa shape index (κ2) is 6.71. The molecule has 1 aliphatic heterocycles. The van der Waals surface area contributed by atoms with E-state index in [4.69, 9.17) is 4.84 Å². The first-order chi connectivity index (χ1) is 4.89. The number of hydroxylamine groups is 1. The number of nitrogens with one attached hydrogen (secondary N) is 1. The number of carbonyl (C=O) groups is 1. The van der Waals surface area contributed by atoms with Gasteiger partial charge in [-0.3, -0.25) is 4.79 Å². The highest BCUT2D eigenvalue weighted by atomic mass is 16.6. The van der Waals surface area contributed by atoms with E-state index in [1.165, 1.54) is 0 Å². The summed E-state index contributed by atoms with van der Waals surface area (Å²) in [6.45, 7) is 5.19. The number of hydrogen-bond donors (Lipinski definition) is 1. The Kier molecular flexibility index (Phi) is 6.43. The summed E-state index contributed by atoms with van der Waals surface area (Å²) < 4.78 is 0. The average Bonchev–Trinajstić information content (AvgIpc) is 2.21. The van der Waals surface area contributed by atoms with Gasteiger partial charge in [-0.1, -0.05) is 13.8 Å². The van der Waals surface area contributed by atoms with Gasteiger partial charge in [0.25, 0.3) is 0 Å². The fourth-order valence-corrected chi connectivity index (χ4v) is 0.625. The van der Waals surface area contributed by atoms with Crippen molar-refractivity contribution in [3.05, 3.63) is 0 Å². The molecule has 0 saturated carbocycles. The van der Waals surface area contributed by atoms with E-state index in [-0.39, 0.29) is 5.78 Å². The number of rotatable bonds is 0. The van der Waals surface area contributed by atoms with Gasteiger partial charge in [-0.05, 0) is 0 Å². The van der Waals surface area contributed by atoms with Gasteiger partial charge in [0.05, 0.1) is 6.61 Å². The average molecular weight is 145 g/mol. The normalized spacial score (nSPS) is 18.8. The van der Waals surface area contributed by atoms with Gasteiger partial charge in [-0.25, -0.2) is 5.48 Å². The van der Waals surface area contributed by atoms with Crippen LogP contribution in [0, 0.1) is 0 Å². The summed E-state index contributed by atoms with van der Waals surface area (Å²) in [6, 6.07) is 0. The third kappa shape index (κ3) is 4.47. The molecule has 0 spiro atoms. The highest BCUT2D eigenvalue weighted by Gasteiger charge is 2.04. The zero-order valence-corrected chi connectivity index (χ0v) is 6.64. The second-order valence-electron chi connectivity index (χ2n) is 1.78. The Morgan fingerprint density at radius 2 is 2.10 bits per heavy atom. The second-order valence-corrected chi connectivity index (χ2v) is 1.78. The van der Waals surface area contributed by atoms with Crippen molar-refractivity contribution < 1.29 is 9.63 Å². The molecule has 3 nitrogen and oxygen atoms in total. The van der Waals surface area contributed by atoms with Crippen molar-refractivity contribution in [2.45, 2.75) is 26.7 Å². The van der Waals surface area contributed by atoms with E-state index >= 15 is 0 Å². The summed E-state index contributed by atoms with van der Waals surface area (Å²) in [5.74, 6) is 0.287. The predicted molar refractivity (Wildman–Crippen MR) is 39.5 cm³/mol. The van der Waals surface area contributed by atoms with Crippen LogP contribution in [0.5, 0.6) is 0 Å². The molecular formula is C7H15NO2. The van der Waals surface area contributed by atoms with Gasteiger partial charge < -0.3 is 4.84 Å². The maximum atomic E-state index is 10.6. The fourth-order valence-electron chi connectivity index (χ4n) is 0.625.